The maximum absolute atomic E-state index is 12.1. The lowest BCUT2D eigenvalue weighted by atomic mass is 10.2. The predicted molar refractivity (Wildman–Crippen MR) is 100 cm³/mol. The molecule has 1 saturated heterocycles. The molecular formula is C17H21ClN2O2S2. The lowest BCUT2D eigenvalue weighted by Crippen LogP contribution is -2.26. The van der Waals surface area contributed by atoms with E-state index in [2.05, 4.69) is 22.3 Å². The average molecular weight is 385 g/mol. The fraction of sp³-hybridized carbons (Fsp3) is 0.471. The van der Waals surface area contributed by atoms with Gasteiger partial charge in [-0.1, -0.05) is 11.6 Å². The minimum atomic E-state index is -0.0158. The second-order valence-electron chi connectivity index (χ2n) is 5.79. The number of amides is 1. The van der Waals surface area contributed by atoms with E-state index in [1.54, 1.807) is 29.8 Å². The zero-order chi connectivity index (χ0) is 16.9. The van der Waals surface area contributed by atoms with E-state index in [9.17, 15) is 4.79 Å². The topological polar surface area (TPSA) is 41.6 Å². The third-order valence-electron chi connectivity index (χ3n) is 4.12. The molecule has 4 nitrogen and oxygen atoms in total. The van der Waals surface area contributed by atoms with E-state index < -0.39 is 0 Å². The summed E-state index contributed by atoms with van der Waals surface area (Å²) < 4.78 is 5.80. The number of methoxy groups -OCH3 is 1. The second kappa shape index (κ2) is 8.45. The summed E-state index contributed by atoms with van der Waals surface area (Å²) >= 11 is 9.28. The van der Waals surface area contributed by atoms with Gasteiger partial charge in [-0.3, -0.25) is 9.69 Å². The third-order valence-corrected chi connectivity index (χ3v) is 6.52. The highest BCUT2D eigenvalue weighted by molar-refractivity contribution is 7.16. The van der Waals surface area contributed by atoms with Crippen LogP contribution in [0.4, 0.5) is 0 Å². The summed E-state index contributed by atoms with van der Waals surface area (Å²) in [5.41, 5.74) is 0. The van der Waals surface area contributed by atoms with Crippen molar-refractivity contribution in [2.75, 3.05) is 26.8 Å². The van der Waals surface area contributed by atoms with Crippen LogP contribution in [0.25, 0.3) is 0 Å². The van der Waals surface area contributed by atoms with Crippen molar-refractivity contribution < 1.29 is 9.53 Å². The number of hydrogen-bond acceptors (Lipinski definition) is 5. The number of carbonyl (C=O) groups excluding carboxylic acids is 1. The van der Waals surface area contributed by atoms with Gasteiger partial charge in [-0.15, -0.1) is 22.7 Å². The number of nitrogens with zero attached hydrogens (tertiary/aromatic N) is 1. The van der Waals surface area contributed by atoms with Crippen molar-refractivity contribution in [3.8, 4) is 0 Å². The number of thiophene rings is 2. The van der Waals surface area contributed by atoms with Crippen molar-refractivity contribution in [2.45, 2.75) is 25.4 Å². The van der Waals surface area contributed by atoms with Gasteiger partial charge in [-0.25, -0.2) is 0 Å². The molecule has 1 aliphatic rings. The van der Waals surface area contributed by atoms with E-state index in [4.69, 9.17) is 16.3 Å². The number of carbonyl (C=O) groups is 1. The zero-order valence-electron chi connectivity index (χ0n) is 13.6. The number of hydrogen-bond donors (Lipinski definition) is 1. The minimum absolute atomic E-state index is 0.0158. The summed E-state index contributed by atoms with van der Waals surface area (Å²) in [6.07, 6.45) is 2.33. The second-order valence-corrected chi connectivity index (χ2v) is 8.70. The van der Waals surface area contributed by atoms with Crippen LogP contribution in [0.1, 0.15) is 38.3 Å². The molecule has 2 aromatic rings. The monoisotopic (exact) mass is 384 g/mol. The Morgan fingerprint density at radius 3 is 3.00 bits per heavy atom. The number of ether oxygens (including phenoxy) is 1. The summed E-state index contributed by atoms with van der Waals surface area (Å²) in [7, 11) is 1.63. The molecule has 1 aliphatic heterocycles. The molecule has 1 N–H and O–H groups in total. The smallest absolute Gasteiger partial charge is 0.261 e. The molecule has 0 spiro atoms. The molecule has 0 aromatic carbocycles. The summed E-state index contributed by atoms with van der Waals surface area (Å²) in [6, 6.07) is 8.49. The first-order valence-corrected chi connectivity index (χ1v) is 10.0. The Labute approximate surface area is 155 Å². The van der Waals surface area contributed by atoms with Crippen molar-refractivity contribution in [1.29, 1.82) is 0 Å². The standard InChI is InChI=1S/C17H21ClN2O2S2/c1-22-10-8-19-17(21)15-6-5-14(24-15)13-3-2-9-20(13)11-12-4-7-16(18)23-12/h4-7,13H,2-3,8-11H2,1H3,(H,19,21)/t13-/m1/s1. The van der Waals surface area contributed by atoms with Crippen LogP contribution in [0, 0.1) is 0 Å². The third kappa shape index (κ3) is 4.37. The first-order valence-electron chi connectivity index (χ1n) is 8.02. The number of nitrogens with one attached hydrogen (secondary N) is 1. The van der Waals surface area contributed by atoms with Crippen LogP contribution in [-0.4, -0.2) is 37.6 Å². The van der Waals surface area contributed by atoms with Gasteiger partial charge in [0, 0.05) is 36.0 Å². The Morgan fingerprint density at radius 2 is 2.25 bits per heavy atom. The van der Waals surface area contributed by atoms with Crippen molar-refractivity contribution in [2.24, 2.45) is 0 Å². The van der Waals surface area contributed by atoms with Gasteiger partial charge in [-0.2, -0.15) is 0 Å². The van der Waals surface area contributed by atoms with Crippen LogP contribution in [0.15, 0.2) is 24.3 Å². The Morgan fingerprint density at radius 1 is 1.38 bits per heavy atom. The van der Waals surface area contributed by atoms with Gasteiger partial charge < -0.3 is 10.1 Å². The molecule has 0 aliphatic carbocycles. The molecule has 0 unspecified atom stereocenters. The van der Waals surface area contributed by atoms with Crippen molar-refractivity contribution in [3.05, 3.63) is 43.2 Å². The van der Waals surface area contributed by atoms with Crippen LogP contribution >= 0.6 is 34.3 Å². The highest BCUT2D eigenvalue weighted by atomic mass is 35.5. The summed E-state index contributed by atoms with van der Waals surface area (Å²) in [5, 5.41) is 2.88. The van der Waals surface area contributed by atoms with Crippen molar-refractivity contribution in [1.82, 2.24) is 10.2 Å². The maximum Gasteiger partial charge on any atom is 0.261 e. The van der Waals surface area contributed by atoms with Crippen LogP contribution < -0.4 is 5.32 Å². The maximum atomic E-state index is 12.1. The summed E-state index contributed by atoms with van der Waals surface area (Å²) in [5.74, 6) is -0.0158. The van der Waals surface area contributed by atoms with Crippen molar-refractivity contribution in [3.63, 3.8) is 0 Å². The molecule has 0 saturated carbocycles. The molecule has 130 valence electrons. The molecular weight excluding hydrogens is 364 g/mol. The Kier molecular flexibility index (Phi) is 6.30. The quantitative estimate of drug-likeness (QED) is 0.728. The Balaban J connectivity index is 1.63. The normalized spacial score (nSPS) is 18.2. The van der Waals surface area contributed by atoms with Gasteiger partial charge in [0.15, 0.2) is 0 Å². The fourth-order valence-corrected chi connectivity index (χ4v) is 5.19. The number of halogens is 1. The predicted octanol–water partition coefficient (Wildman–Crippen LogP) is 4.18. The largest absolute Gasteiger partial charge is 0.383 e. The van der Waals surface area contributed by atoms with Crippen LogP contribution in [0.5, 0.6) is 0 Å². The van der Waals surface area contributed by atoms with E-state index in [-0.39, 0.29) is 5.91 Å². The Hall–Kier alpha value is -0.920. The SMILES string of the molecule is COCCNC(=O)c1ccc([C@H]2CCCN2Cc2ccc(Cl)s2)s1. The fourth-order valence-electron chi connectivity index (χ4n) is 2.98. The highest BCUT2D eigenvalue weighted by Gasteiger charge is 2.28. The van der Waals surface area contributed by atoms with E-state index in [1.807, 2.05) is 12.1 Å². The van der Waals surface area contributed by atoms with E-state index in [0.717, 1.165) is 28.7 Å². The number of rotatable bonds is 7. The van der Waals surface area contributed by atoms with Gasteiger partial charge in [0.1, 0.15) is 0 Å². The zero-order valence-corrected chi connectivity index (χ0v) is 16.0. The van der Waals surface area contributed by atoms with Crippen LogP contribution in [0.3, 0.4) is 0 Å². The molecule has 1 amide bonds. The van der Waals surface area contributed by atoms with Gasteiger partial charge in [0.25, 0.3) is 5.91 Å². The van der Waals surface area contributed by atoms with Gasteiger partial charge in [0.05, 0.1) is 15.8 Å². The van der Waals surface area contributed by atoms with Crippen LogP contribution in [-0.2, 0) is 11.3 Å². The summed E-state index contributed by atoms with van der Waals surface area (Å²) in [6.45, 7) is 3.09. The van der Waals surface area contributed by atoms with Crippen LogP contribution in [0.2, 0.25) is 4.34 Å². The average Bonchev–Trinajstić information content (AvgIpc) is 3.28. The molecule has 2 aromatic heterocycles. The molecule has 0 radical (unpaired) electrons. The molecule has 7 heteroatoms. The minimum Gasteiger partial charge on any atom is -0.383 e. The van der Waals surface area contributed by atoms with Gasteiger partial charge >= 0.3 is 0 Å². The van der Waals surface area contributed by atoms with Gasteiger partial charge in [-0.05, 0) is 43.7 Å². The first kappa shape index (κ1) is 17.9. The molecule has 1 atom stereocenters. The molecule has 1 fully saturated rings. The molecule has 3 rings (SSSR count). The highest BCUT2D eigenvalue weighted by Crippen LogP contribution is 2.37. The van der Waals surface area contributed by atoms with E-state index in [0.29, 0.717) is 19.2 Å². The van der Waals surface area contributed by atoms with E-state index >= 15 is 0 Å². The molecule has 24 heavy (non-hydrogen) atoms. The van der Waals surface area contributed by atoms with E-state index in [1.165, 1.54) is 16.2 Å². The lowest BCUT2D eigenvalue weighted by Gasteiger charge is -2.22. The van der Waals surface area contributed by atoms with Gasteiger partial charge in [0.2, 0.25) is 0 Å². The van der Waals surface area contributed by atoms with Crippen molar-refractivity contribution >= 4 is 40.2 Å². The summed E-state index contributed by atoms with van der Waals surface area (Å²) in [4.78, 5) is 18.0. The lowest BCUT2D eigenvalue weighted by molar-refractivity contribution is 0.0941. The first-order chi connectivity index (χ1) is 11.7. The Bertz CT molecular complexity index is 686. The molecule has 0 bridgehead atoms. The molecule has 3 heterocycles. The number of likely N-dealkylation sites (tertiary alicyclic amines) is 1.